The van der Waals surface area contributed by atoms with Crippen LogP contribution in [0.1, 0.15) is 5.82 Å². The van der Waals surface area contributed by atoms with Gasteiger partial charge in [0.15, 0.2) is 5.82 Å². The molecule has 0 atom stereocenters. The van der Waals surface area contributed by atoms with Crippen LogP contribution in [0.2, 0.25) is 0 Å². The maximum Gasteiger partial charge on any atom is 0.174 e. The summed E-state index contributed by atoms with van der Waals surface area (Å²) in [5, 5.41) is 12.8. The maximum atomic E-state index is 13.2. The lowest BCUT2D eigenvalue weighted by atomic mass is 10.2. The molecule has 4 nitrogen and oxygen atoms in total. The van der Waals surface area contributed by atoms with Gasteiger partial charge < -0.3 is 9.88 Å². The summed E-state index contributed by atoms with van der Waals surface area (Å²) >= 11 is 1.56. The van der Waals surface area contributed by atoms with Crippen molar-refractivity contribution in [3.05, 3.63) is 35.9 Å². The molecule has 1 aliphatic rings. The summed E-state index contributed by atoms with van der Waals surface area (Å²) in [4.78, 5) is 1.04. The van der Waals surface area contributed by atoms with Gasteiger partial charge in [-0.1, -0.05) is 6.07 Å². The minimum absolute atomic E-state index is 0.201. The standard InChI is InChI=1S/C13H11FN4S/c14-9-2-1-8-5-11(19-10(8)6-9)13-17-16-12-7-15-3-4-18(12)13/h1-2,5-6,15H,3-4,7H2. The van der Waals surface area contributed by atoms with Gasteiger partial charge in [-0.05, 0) is 23.6 Å². The largest absolute Gasteiger partial charge is 0.308 e. The first-order valence-corrected chi connectivity index (χ1v) is 6.95. The zero-order chi connectivity index (χ0) is 12.8. The van der Waals surface area contributed by atoms with Crippen LogP contribution in [0.5, 0.6) is 0 Å². The molecule has 0 amide bonds. The Labute approximate surface area is 112 Å². The topological polar surface area (TPSA) is 42.7 Å². The third-order valence-corrected chi connectivity index (χ3v) is 4.42. The molecule has 4 rings (SSSR count). The van der Waals surface area contributed by atoms with Gasteiger partial charge in [0, 0.05) is 17.8 Å². The van der Waals surface area contributed by atoms with Crippen molar-refractivity contribution in [1.82, 2.24) is 20.1 Å². The molecule has 0 unspecified atom stereocenters. The fourth-order valence-corrected chi connectivity index (χ4v) is 3.47. The van der Waals surface area contributed by atoms with E-state index in [0.717, 1.165) is 46.2 Å². The van der Waals surface area contributed by atoms with Gasteiger partial charge in [-0.15, -0.1) is 21.5 Å². The Morgan fingerprint density at radius 2 is 2.21 bits per heavy atom. The van der Waals surface area contributed by atoms with Crippen LogP contribution >= 0.6 is 11.3 Å². The third-order valence-electron chi connectivity index (χ3n) is 3.33. The van der Waals surface area contributed by atoms with Crippen LogP contribution in [0.25, 0.3) is 20.8 Å². The number of fused-ring (bicyclic) bond motifs is 2. The summed E-state index contributed by atoms with van der Waals surface area (Å²) in [6.07, 6.45) is 0. The average molecular weight is 274 g/mol. The highest BCUT2D eigenvalue weighted by Gasteiger charge is 2.18. The molecule has 96 valence electrons. The lowest BCUT2D eigenvalue weighted by molar-refractivity contribution is 0.508. The van der Waals surface area contributed by atoms with E-state index in [0.29, 0.717) is 0 Å². The van der Waals surface area contributed by atoms with Gasteiger partial charge in [0.05, 0.1) is 11.4 Å². The SMILES string of the molecule is Fc1ccc2cc(-c3nnc4n3CCNC4)sc2c1. The molecule has 0 spiro atoms. The number of nitrogens with one attached hydrogen (secondary N) is 1. The summed E-state index contributed by atoms with van der Waals surface area (Å²) in [7, 11) is 0. The van der Waals surface area contributed by atoms with E-state index in [1.54, 1.807) is 23.5 Å². The van der Waals surface area contributed by atoms with Crippen molar-refractivity contribution in [2.24, 2.45) is 0 Å². The van der Waals surface area contributed by atoms with Gasteiger partial charge in [0.2, 0.25) is 0 Å². The first-order valence-electron chi connectivity index (χ1n) is 6.13. The second kappa shape index (κ2) is 4.11. The van der Waals surface area contributed by atoms with Gasteiger partial charge in [-0.25, -0.2) is 4.39 Å². The first-order chi connectivity index (χ1) is 9.31. The van der Waals surface area contributed by atoms with Gasteiger partial charge in [-0.3, -0.25) is 0 Å². The van der Waals surface area contributed by atoms with Crippen molar-refractivity contribution in [3.8, 4) is 10.7 Å². The van der Waals surface area contributed by atoms with Crippen LogP contribution in [-0.2, 0) is 13.1 Å². The van der Waals surface area contributed by atoms with E-state index in [4.69, 9.17) is 0 Å². The average Bonchev–Trinajstić information content (AvgIpc) is 3.00. The van der Waals surface area contributed by atoms with Gasteiger partial charge >= 0.3 is 0 Å². The molecule has 0 fully saturated rings. The number of rotatable bonds is 1. The zero-order valence-corrected chi connectivity index (χ0v) is 10.9. The molecule has 0 aliphatic carbocycles. The van der Waals surface area contributed by atoms with Crippen molar-refractivity contribution < 1.29 is 4.39 Å². The molecule has 3 aromatic rings. The number of halogens is 1. The second-order valence-corrected chi connectivity index (χ2v) is 5.64. The molecule has 2 aromatic heterocycles. The lowest BCUT2D eigenvalue weighted by Gasteiger charge is -2.15. The van der Waals surface area contributed by atoms with Crippen LogP contribution in [0.15, 0.2) is 24.3 Å². The van der Waals surface area contributed by atoms with Crippen molar-refractivity contribution in [2.45, 2.75) is 13.1 Å². The molecule has 0 saturated heterocycles. The molecule has 1 aromatic carbocycles. The van der Waals surface area contributed by atoms with Crippen LogP contribution in [0.4, 0.5) is 4.39 Å². The normalized spacial score (nSPS) is 14.8. The number of benzene rings is 1. The Balaban J connectivity index is 1.88. The van der Waals surface area contributed by atoms with E-state index >= 15 is 0 Å². The molecule has 0 radical (unpaired) electrons. The molecular weight excluding hydrogens is 263 g/mol. The fourth-order valence-electron chi connectivity index (χ4n) is 2.39. The Morgan fingerprint density at radius 1 is 1.26 bits per heavy atom. The number of aromatic nitrogens is 3. The predicted octanol–water partition coefficient (Wildman–Crippen LogP) is 2.40. The molecule has 6 heteroatoms. The third kappa shape index (κ3) is 1.75. The molecule has 1 aliphatic heterocycles. The van der Waals surface area contributed by atoms with E-state index in [9.17, 15) is 4.39 Å². The van der Waals surface area contributed by atoms with Gasteiger partial charge in [0.25, 0.3) is 0 Å². The minimum atomic E-state index is -0.201. The smallest absolute Gasteiger partial charge is 0.174 e. The van der Waals surface area contributed by atoms with Gasteiger partial charge in [-0.2, -0.15) is 0 Å². The van der Waals surface area contributed by atoms with E-state index in [1.807, 2.05) is 0 Å². The summed E-state index contributed by atoms with van der Waals surface area (Å²) in [6, 6.07) is 6.92. The molecule has 19 heavy (non-hydrogen) atoms. The molecule has 0 bridgehead atoms. The maximum absolute atomic E-state index is 13.2. The van der Waals surface area contributed by atoms with E-state index < -0.39 is 0 Å². The number of thiophene rings is 1. The summed E-state index contributed by atoms with van der Waals surface area (Å²) in [5.41, 5.74) is 0. The summed E-state index contributed by atoms with van der Waals surface area (Å²) in [6.45, 7) is 2.56. The molecule has 3 heterocycles. The van der Waals surface area contributed by atoms with E-state index in [-0.39, 0.29) is 5.82 Å². The summed E-state index contributed by atoms with van der Waals surface area (Å²) in [5.74, 6) is 1.65. The van der Waals surface area contributed by atoms with Gasteiger partial charge in [0.1, 0.15) is 11.6 Å². The monoisotopic (exact) mass is 274 g/mol. The number of hydrogen-bond acceptors (Lipinski definition) is 4. The van der Waals surface area contributed by atoms with Crippen molar-refractivity contribution in [1.29, 1.82) is 0 Å². The van der Waals surface area contributed by atoms with Crippen molar-refractivity contribution in [3.63, 3.8) is 0 Å². The fraction of sp³-hybridized carbons (Fsp3) is 0.231. The predicted molar refractivity (Wildman–Crippen MR) is 72.5 cm³/mol. The molecule has 0 saturated carbocycles. The van der Waals surface area contributed by atoms with E-state index in [1.165, 1.54) is 6.07 Å². The Morgan fingerprint density at radius 3 is 3.16 bits per heavy atom. The van der Waals surface area contributed by atoms with E-state index in [2.05, 4.69) is 26.1 Å². The highest BCUT2D eigenvalue weighted by atomic mass is 32.1. The Kier molecular flexibility index (Phi) is 2.39. The Hall–Kier alpha value is -1.79. The van der Waals surface area contributed by atoms with Crippen LogP contribution in [-0.4, -0.2) is 21.3 Å². The first kappa shape index (κ1) is 11.1. The quantitative estimate of drug-likeness (QED) is 0.741. The van der Waals surface area contributed by atoms with Crippen molar-refractivity contribution >= 4 is 21.4 Å². The highest BCUT2D eigenvalue weighted by Crippen LogP contribution is 2.33. The number of hydrogen-bond donors (Lipinski definition) is 1. The van der Waals surface area contributed by atoms with Crippen LogP contribution in [0.3, 0.4) is 0 Å². The summed E-state index contributed by atoms with van der Waals surface area (Å²) < 4.78 is 16.3. The van der Waals surface area contributed by atoms with Crippen molar-refractivity contribution in [2.75, 3.05) is 6.54 Å². The van der Waals surface area contributed by atoms with Crippen LogP contribution in [0, 0.1) is 5.82 Å². The minimum Gasteiger partial charge on any atom is -0.308 e. The second-order valence-electron chi connectivity index (χ2n) is 4.56. The molecule has 1 N–H and O–H groups in total. The zero-order valence-electron chi connectivity index (χ0n) is 10.1. The van der Waals surface area contributed by atoms with Crippen LogP contribution < -0.4 is 5.32 Å². The molecular formula is C13H11FN4S. The Bertz CT molecular complexity index is 761. The highest BCUT2D eigenvalue weighted by molar-refractivity contribution is 7.22. The number of nitrogens with zero attached hydrogens (tertiary/aromatic N) is 3. The lowest BCUT2D eigenvalue weighted by Crippen LogP contribution is -2.28.